The Morgan fingerprint density at radius 3 is 2.00 bits per heavy atom. The van der Waals surface area contributed by atoms with Crippen LogP contribution in [-0.4, -0.2) is 25.9 Å². The number of ketones is 1. The molecule has 0 unspecified atom stereocenters. The molecule has 0 aliphatic heterocycles. The zero-order chi connectivity index (χ0) is 19.5. The summed E-state index contributed by atoms with van der Waals surface area (Å²) in [7, 11) is 2.68. The summed E-state index contributed by atoms with van der Waals surface area (Å²) < 4.78 is 76.8. The molecule has 140 valence electrons. The van der Waals surface area contributed by atoms with Gasteiger partial charge in [-0.15, -0.1) is 0 Å². The summed E-state index contributed by atoms with van der Waals surface area (Å²) in [4.78, 5) is 12.1. The van der Waals surface area contributed by atoms with E-state index in [0.29, 0.717) is 12.1 Å². The highest BCUT2D eigenvalue weighted by atomic mass is 19.4. The largest absolute Gasteiger partial charge is 0.497 e. The summed E-state index contributed by atoms with van der Waals surface area (Å²) in [6, 6.07) is 7.05. The molecule has 3 nitrogen and oxygen atoms in total. The van der Waals surface area contributed by atoms with Crippen molar-refractivity contribution in [2.45, 2.75) is 18.5 Å². The van der Waals surface area contributed by atoms with Crippen LogP contribution in [-0.2, 0) is 12.6 Å². The van der Waals surface area contributed by atoms with E-state index < -0.39 is 35.4 Å². The van der Waals surface area contributed by atoms with Crippen LogP contribution in [0.15, 0.2) is 42.5 Å². The van der Waals surface area contributed by atoms with E-state index in [1.165, 1.54) is 32.4 Å². The van der Waals surface area contributed by atoms with Gasteiger partial charge in [-0.3, -0.25) is 4.79 Å². The molecule has 0 fully saturated rings. The number of hydrogen-bond acceptors (Lipinski definition) is 3. The fourth-order valence-corrected chi connectivity index (χ4v) is 2.35. The Morgan fingerprint density at radius 2 is 1.50 bits per heavy atom. The van der Waals surface area contributed by atoms with Gasteiger partial charge in [0, 0.05) is 18.1 Å². The molecule has 0 heterocycles. The summed E-state index contributed by atoms with van der Waals surface area (Å²) in [6.45, 7) is 0. The Kier molecular flexibility index (Phi) is 5.53. The van der Waals surface area contributed by atoms with Gasteiger partial charge < -0.3 is 9.47 Å². The van der Waals surface area contributed by atoms with E-state index in [0.717, 1.165) is 12.1 Å². The molecule has 8 heteroatoms. The van der Waals surface area contributed by atoms with Crippen molar-refractivity contribution in [3.05, 3.63) is 59.2 Å². The number of hydrogen-bond donors (Lipinski definition) is 0. The van der Waals surface area contributed by atoms with Crippen molar-refractivity contribution in [3.8, 4) is 11.5 Å². The lowest BCUT2D eigenvalue weighted by Crippen LogP contribution is -2.31. The van der Waals surface area contributed by atoms with Gasteiger partial charge >= 0.3 is 12.1 Å². The Balaban J connectivity index is 2.31. The maximum Gasteiger partial charge on any atom is 0.416 e. The van der Waals surface area contributed by atoms with Gasteiger partial charge in [0.1, 0.15) is 11.5 Å². The van der Waals surface area contributed by atoms with E-state index in [2.05, 4.69) is 0 Å². The third-order valence-corrected chi connectivity index (χ3v) is 3.62. The fourth-order valence-electron chi connectivity index (χ4n) is 2.35. The van der Waals surface area contributed by atoms with Crippen molar-refractivity contribution in [2.24, 2.45) is 0 Å². The standard InChI is InChI=1S/C18H15F5O3/c1-25-14-6-11(7-15(9-14)26-2)10-17(19,20)16(24)12-4-3-5-13(8-12)18(21,22)23/h3-9H,10H2,1-2H3. The summed E-state index contributed by atoms with van der Waals surface area (Å²) in [5.41, 5.74) is -1.83. The van der Waals surface area contributed by atoms with Crippen molar-refractivity contribution in [1.82, 2.24) is 0 Å². The summed E-state index contributed by atoms with van der Waals surface area (Å²) in [5, 5.41) is 0. The van der Waals surface area contributed by atoms with Gasteiger partial charge in [-0.1, -0.05) is 12.1 Å². The smallest absolute Gasteiger partial charge is 0.416 e. The van der Waals surface area contributed by atoms with Crippen LogP contribution in [0.3, 0.4) is 0 Å². The van der Waals surface area contributed by atoms with Gasteiger partial charge in [-0.25, -0.2) is 0 Å². The average molecular weight is 374 g/mol. The van der Waals surface area contributed by atoms with Gasteiger partial charge in [-0.2, -0.15) is 22.0 Å². The SMILES string of the molecule is COc1cc(CC(F)(F)C(=O)c2cccc(C(F)(F)F)c2)cc(OC)c1. The van der Waals surface area contributed by atoms with Crippen LogP contribution in [0, 0.1) is 0 Å². The molecule has 0 atom stereocenters. The molecule has 0 bridgehead atoms. The van der Waals surface area contributed by atoms with Crippen molar-refractivity contribution in [2.75, 3.05) is 14.2 Å². The van der Waals surface area contributed by atoms with Crippen LogP contribution >= 0.6 is 0 Å². The van der Waals surface area contributed by atoms with Crippen LogP contribution in [0.5, 0.6) is 11.5 Å². The van der Waals surface area contributed by atoms with Crippen LogP contribution in [0.1, 0.15) is 21.5 Å². The third-order valence-electron chi connectivity index (χ3n) is 3.62. The normalized spacial score (nSPS) is 12.0. The molecule has 0 spiro atoms. The quantitative estimate of drug-likeness (QED) is 0.539. The predicted molar refractivity (Wildman–Crippen MR) is 84.0 cm³/mol. The minimum absolute atomic E-state index is 0.0477. The zero-order valence-electron chi connectivity index (χ0n) is 13.9. The highest BCUT2D eigenvalue weighted by molar-refractivity contribution is 6.01. The lowest BCUT2D eigenvalue weighted by Gasteiger charge is -2.17. The molecule has 0 aromatic heterocycles. The van der Waals surface area contributed by atoms with E-state index in [1.54, 1.807) is 0 Å². The summed E-state index contributed by atoms with van der Waals surface area (Å²) >= 11 is 0. The first kappa shape index (κ1) is 19.7. The lowest BCUT2D eigenvalue weighted by atomic mass is 9.97. The fraction of sp³-hybridized carbons (Fsp3) is 0.278. The maximum atomic E-state index is 14.4. The van der Waals surface area contributed by atoms with E-state index in [1.807, 2.05) is 0 Å². The second-order valence-electron chi connectivity index (χ2n) is 5.51. The number of benzene rings is 2. The van der Waals surface area contributed by atoms with Crippen LogP contribution in [0.4, 0.5) is 22.0 Å². The van der Waals surface area contributed by atoms with Crippen molar-refractivity contribution in [1.29, 1.82) is 0 Å². The first-order valence-electron chi connectivity index (χ1n) is 7.38. The molecule has 2 aromatic rings. The molecule has 2 rings (SSSR count). The molecular weight excluding hydrogens is 359 g/mol. The summed E-state index contributed by atoms with van der Waals surface area (Å²) in [6.07, 6.45) is -5.73. The van der Waals surface area contributed by atoms with Crippen LogP contribution in [0.25, 0.3) is 0 Å². The predicted octanol–water partition coefficient (Wildman–Crippen LogP) is 4.78. The average Bonchev–Trinajstić information content (AvgIpc) is 2.59. The van der Waals surface area contributed by atoms with Crippen molar-refractivity contribution >= 4 is 5.78 Å². The van der Waals surface area contributed by atoms with E-state index in [9.17, 15) is 26.7 Å². The number of Topliss-reactive ketones (excluding diaryl/α,β-unsaturated/α-hetero) is 1. The number of carbonyl (C=O) groups excluding carboxylic acids is 1. The monoisotopic (exact) mass is 374 g/mol. The number of ether oxygens (including phenoxy) is 2. The molecule has 0 saturated carbocycles. The zero-order valence-corrected chi connectivity index (χ0v) is 13.9. The Labute approximate surface area is 146 Å². The molecular formula is C18H15F5O3. The maximum absolute atomic E-state index is 14.4. The third kappa shape index (κ3) is 4.50. The molecule has 26 heavy (non-hydrogen) atoms. The highest BCUT2D eigenvalue weighted by Gasteiger charge is 2.40. The minimum Gasteiger partial charge on any atom is -0.497 e. The van der Waals surface area contributed by atoms with Crippen molar-refractivity contribution < 1.29 is 36.2 Å². The number of rotatable bonds is 6. The summed E-state index contributed by atoms with van der Waals surface area (Å²) in [5.74, 6) is -5.09. The highest BCUT2D eigenvalue weighted by Crippen LogP contribution is 2.33. The van der Waals surface area contributed by atoms with Gasteiger partial charge in [0.05, 0.1) is 19.8 Å². The van der Waals surface area contributed by atoms with Gasteiger partial charge in [0.15, 0.2) is 0 Å². The lowest BCUT2D eigenvalue weighted by molar-refractivity contribution is -0.137. The molecule has 0 amide bonds. The van der Waals surface area contributed by atoms with Gasteiger partial charge in [0.2, 0.25) is 5.78 Å². The second-order valence-corrected chi connectivity index (χ2v) is 5.51. The Hall–Kier alpha value is -2.64. The number of carbonyl (C=O) groups is 1. The van der Waals surface area contributed by atoms with Crippen LogP contribution in [0.2, 0.25) is 0 Å². The number of alkyl halides is 5. The van der Waals surface area contributed by atoms with Gasteiger partial charge in [0.25, 0.3) is 0 Å². The first-order valence-corrected chi connectivity index (χ1v) is 7.38. The molecule has 0 saturated heterocycles. The molecule has 0 radical (unpaired) electrons. The number of methoxy groups -OCH3 is 2. The van der Waals surface area contributed by atoms with E-state index in [-0.39, 0.29) is 17.1 Å². The Morgan fingerprint density at radius 1 is 0.923 bits per heavy atom. The Bertz CT molecular complexity index is 777. The second kappa shape index (κ2) is 7.31. The van der Waals surface area contributed by atoms with Crippen LogP contribution < -0.4 is 9.47 Å². The molecule has 0 aliphatic rings. The number of halogens is 5. The molecule has 2 aromatic carbocycles. The molecule has 0 N–H and O–H groups in total. The van der Waals surface area contributed by atoms with Crippen molar-refractivity contribution in [3.63, 3.8) is 0 Å². The molecule has 0 aliphatic carbocycles. The van der Waals surface area contributed by atoms with E-state index in [4.69, 9.17) is 9.47 Å². The topological polar surface area (TPSA) is 35.5 Å². The first-order chi connectivity index (χ1) is 12.1. The minimum atomic E-state index is -4.73. The van der Waals surface area contributed by atoms with Gasteiger partial charge in [-0.05, 0) is 29.8 Å². The van der Waals surface area contributed by atoms with E-state index >= 15 is 0 Å².